The molecular formula is C16H22N2O3. The van der Waals surface area contributed by atoms with Gasteiger partial charge in [-0.05, 0) is 36.8 Å². The van der Waals surface area contributed by atoms with Crippen LogP contribution in [0.15, 0.2) is 24.3 Å². The molecule has 0 saturated heterocycles. The summed E-state index contributed by atoms with van der Waals surface area (Å²) in [5.41, 5.74) is 2.17. The first kappa shape index (κ1) is 15.4. The van der Waals surface area contributed by atoms with Gasteiger partial charge in [0, 0.05) is 25.2 Å². The third kappa shape index (κ3) is 4.21. The van der Waals surface area contributed by atoms with Crippen LogP contribution in [-0.2, 0) is 11.2 Å². The standard InChI is InChI=1S/C16H22N2O3/c1-12(10-15(19)20)11-17-16(21)18-9-5-4-7-13-6-2-3-8-14(13)18/h2-3,6,8,12H,4-5,7,9-11H2,1H3,(H,17,21)(H,19,20). The van der Waals surface area contributed by atoms with Crippen LogP contribution in [0.25, 0.3) is 0 Å². The summed E-state index contributed by atoms with van der Waals surface area (Å²) >= 11 is 0. The lowest BCUT2D eigenvalue weighted by Crippen LogP contribution is -2.42. The Morgan fingerprint density at radius 3 is 2.86 bits per heavy atom. The van der Waals surface area contributed by atoms with Gasteiger partial charge in [0.2, 0.25) is 0 Å². The van der Waals surface area contributed by atoms with Crippen molar-refractivity contribution in [2.24, 2.45) is 5.92 Å². The number of nitrogens with zero attached hydrogens (tertiary/aromatic N) is 1. The minimum Gasteiger partial charge on any atom is -0.481 e. The number of anilines is 1. The second-order valence-electron chi connectivity index (χ2n) is 5.63. The Hall–Kier alpha value is -2.04. The predicted molar refractivity (Wildman–Crippen MR) is 81.5 cm³/mol. The van der Waals surface area contributed by atoms with Gasteiger partial charge in [-0.3, -0.25) is 9.69 Å². The predicted octanol–water partition coefficient (Wildman–Crippen LogP) is 2.65. The van der Waals surface area contributed by atoms with Crippen LogP contribution in [0.2, 0.25) is 0 Å². The van der Waals surface area contributed by atoms with Crippen molar-refractivity contribution in [2.45, 2.75) is 32.6 Å². The molecule has 2 amide bonds. The van der Waals surface area contributed by atoms with Crippen molar-refractivity contribution in [3.63, 3.8) is 0 Å². The van der Waals surface area contributed by atoms with E-state index in [4.69, 9.17) is 5.11 Å². The zero-order valence-corrected chi connectivity index (χ0v) is 12.3. The molecule has 1 heterocycles. The van der Waals surface area contributed by atoms with E-state index in [-0.39, 0.29) is 18.4 Å². The zero-order chi connectivity index (χ0) is 15.2. The molecule has 0 saturated carbocycles. The Kier molecular flexibility index (Phi) is 5.20. The summed E-state index contributed by atoms with van der Waals surface area (Å²) in [7, 11) is 0. The molecule has 0 aliphatic carbocycles. The van der Waals surface area contributed by atoms with Crippen molar-refractivity contribution in [1.29, 1.82) is 0 Å². The van der Waals surface area contributed by atoms with E-state index in [9.17, 15) is 9.59 Å². The normalized spacial score (nSPS) is 15.8. The Morgan fingerprint density at radius 1 is 1.33 bits per heavy atom. The maximum Gasteiger partial charge on any atom is 0.321 e. The number of carboxylic acid groups (broad SMARTS) is 1. The number of urea groups is 1. The fourth-order valence-corrected chi connectivity index (χ4v) is 2.63. The van der Waals surface area contributed by atoms with Gasteiger partial charge in [0.25, 0.3) is 0 Å². The summed E-state index contributed by atoms with van der Waals surface area (Å²) in [6.45, 7) is 2.91. The first-order chi connectivity index (χ1) is 10.1. The van der Waals surface area contributed by atoms with Crippen molar-refractivity contribution < 1.29 is 14.7 Å². The number of hydrogen-bond donors (Lipinski definition) is 2. The molecule has 2 rings (SSSR count). The van der Waals surface area contributed by atoms with Crippen LogP contribution in [0.3, 0.4) is 0 Å². The second-order valence-corrected chi connectivity index (χ2v) is 5.63. The van der Waals surface area contributed by atoms with Crippen molar-refractivity contribution in [1.82, 2.24) is 5.32 Å². The maximum atomic E-state index is 12.4. The second kappa shape index (κ2) is 7.11. The van der Waals surface area contributed by atoms with Crippen LogP contribution in [0.5, 0.6) is 0 Å². The van der Waals surface area contributed by atoms with Crippen molar-refractivity contribution in [3.8, 4) is 0 Å². The number of aliphatic carboxylic acids is 1. The van der Waals surface area contributed by atoms with Crippen molar-refractivity contribution >= 4 is 17.7 Å². The summed E-state index contributed by atoms with van der Waals surface area (Å²) in [5.74, 6) is -0.912. The van der Waals surface area contributed by atoms with Crippen LogP contribution in [0, 0.1) is 5.92 Å². The molecule has 5 heteroatoms. The van der Waals surface area contributed by atoms with Gasteiger partial charge in [-0.1, -0.05) is 25.1 Å². The van der Waals surface area contributed by atoms with Crippen molar-refractivity contribution in [2.75, 3.05) is 18.0 Å². The lowest BCUT2D eigenvalue weighted by Gasteiger charge is -2.24. The maximum absolute atomic E-state index is 12.4. The smallest absolute Gasteiger partial charge is 0.321 e. The molecule has 1 aliphatic heterocycles. The average Bonchev–Trinajstić information content (AvgIpc) is 2.66. The van der Waals surface area contributed by atoms with E-state index in [0.717, 1.165) is 24.9 Å². The van der Waals surface area contributed by atoms with Gasteiger partial charge in [-0.25, -0.2) is 4.79 Å². The molecule has 0 aromatic heterocycles. The number of rotatable bonds is 4. The molecule has 21 heavy (non-hydrogen) atoms. The van der Waals surface area contributed by atoms with E-state index in [1.807, 2.05) is 25.1 Å². The number of fused-ring (bicyclic) bond motifs is 1. The molecule has 0 fully saturated rings. The zero-order valence-electron chi connectivity index (χ0n) is 12.3. The molecule has 0 bridgehead atoms. The lowest BCUT2D eigenvalue weighted by molar-refractivity contribution is -0.137. The highest BCUT2D eigenvalue weighted by Gasteiger charge is 2.21. The van der Waals surface area contributed by atoms with Gasteiger partial charge in [-0.15, -0.1) is 0 Å². The highest BCUT2D eigenvalue weighted by atomic mass is 16.4. The van der Waals surface area contributed by atoms with Crippen LogP contribution in [0.4, 0.5) is 10.5 Å². The van der Waals surface area contributed by atoms with Gasteiger partial charge in [0.15, 0.2) is 0 Å². The molecule has 1 aromatic rings. The fraction of sp³-hybridized carbons (Fsp3) is 0.500. The van der Waals surface area contributed by atoms with Gasteiger partial charge < -0.3 is 10.4 Å². The van der Waals surface area contributed by atoms with E-state index >= 15 is 0 Å². The molecule has 2 N–H and O–H groups in total. The molecule has 114 valence electrons. The number of nitrogens with one attached hydrogen (secondary N) is 1. The highest BCUT2D eigenvalue weighted by molar-refractivity contribution is 5.93. The van der Waals surface area contributed by atoms with E-state index in [0.29, 0.717) is 13.1 Å². The number of para-hydroxylation sites is 1. The monoisotopic (exact) mass is 290 g/mol. The highest BCUT2D eigenvalue weighted by Crippen LogP contribution is 2.26. The van der Waals surface area contributed by atoms with Gasteiger partial charge >= 0.3 is 12.0 Å². The average molecular weight is 290 g/mol. The van der Waals surface area contributed by atoms with Crippen LogP contribution < -0.4 is 10.2 Å². The van der Waals surface area contributed by atoms with Crippen molar-refractivity contribution in [3.05, 3.63) is 29.8 Å². The minimum absolute atomic E-state index is 0.0663. The number of benzene rings is 1. The summed E-state index contributed by atoms with van der Waals surface area (Å²) < 4.78 is 0. The third-order valence-electron chi connectivity index (χ3n) is 3.73. The molecule has 0 spiro atoms. The summed E-state index contributed by atoms with van der Waals surface area (Å²) in [6.07, 6.45) is 3.12. The number of hydrogen-bond acceptors (Lipinski definition) is 2. The fourth-order valence-electron chi connectivity index (χ4n) is 2.63. The lowest BCUT2D eigenvalue weighted by atomic mass is 10.1. The topological polar surface area (TPSA) is 69.6 Å². The van der Waals surface area contributed by atoms with Crippen LogP contribution in [0.1, 0.15) is 31.7 Å². The number of carbonyl (C=O) groups excluding carboxylic acids is 1. The largest absolute Gasteiger partial charge is 0.481 e. The molecule has 1 unspecified atom stereocenters. The molecule has 5 nitrogen and oxygen atoms in total. The summed E-state index contributed by atoms with van der Waals surface area (Å²) in [5, 5.41) is 11.6. The van der Waals surface area contributed by atoms with Crippen LogP contribution in [-0.4, -0.2) is 30.2 Å². The molecule has 1 aliphatic rings. The van der Waals surface area contributed by atoms with Gasteiger partial charge in [0.1, 0.15) is 0 Å². The number of carboxylic acids is 1. The van der Waals surface area contributed by atoms with E-state index < -0.39 is 5.97 Å². The molecule has 1 aromatic carbocycles. The van der Waals surface area contributed by atoms with Gasteiger partial charge in [0.05, 0.1) is 0 Å². The molecule has 1 atom stereocenters. The quantitative estimate of drug-likeness (QED) is 0.895. The minimum atomic E-state index is -0.836. The first-order valence-corrected chi connectivity index (χ1v) is 7.43. The van der Waals surface area contributed by atoms with E-state index in [1.54, 1.807) is 4.90 Å². The Morgan fingerprint density at radius 2 is 2.10 bits per heavy atom. The van der Waals surface area contributed by atoms with Crippen LogP contribution >= 0.6 is 0 Å². The third-order valence-corrected chi connectivity index (χ3v) is 3.73. The SMILES string of the molecule is CC(CNC(=O)N1CCCCc2ccccc21)CC(=O)O. The Balaban J connectivity index is 2.00. The molecule has 0 radical (unpaired) electrons. The number of amides is 2. The Labute approximate surface area is 125 Å². The van der Waals surface area contributed by atoms with E-state index in [1.165, 1.54) is 5.56 Å². The number of carbonyl (C=O) groups is 2. The van der Waals surface area contributed by atoms with E-state index in [2.05, 4.69) is 11.4 Å². The summed E-state index contributed by atoms with van der Waals surface area (Å²) in [6, 6.07) is 7.84. The first-order valence-electron chi connectivity index (χ1n) is 7.43. The molecular weight excluding hydrogens is 268 g/mol. The number of aryl methyl sites for hydroxylation is 1. The van der Waals surface area contributed by atoms with Gasteiger partial charge in [-0.2, -0.15) is 0 Å². The Bertz CT molecular complexity index is 516. The summed E-state index contributed by atoms with van der Waals surface area (Å²) in [4.78, 5) is 24.8.